The number of rotatable bonds is 2. The minimum atomic E-state index is -0.536. The lowest BCUT2D eigenvalue weighted by Crippen LogP contribution is -2.06. The first kappa shape index (κ1) is 14.1. The largest absolute Gasteiger partial charge is 0.463 e. The Bertz CT molecular complexity index is 774. The van der Waals surface area contributed by atoms with E-state index in [2.05, 4.69) is 0 Å². The first-order valence-corrected chi connectivity index (χ1v) is 7.00. The summed E-state index contributed by atoms with van der Waals surface area (Å²) in [5.41, 5.74) is 2.80. The number of ether oxygens (including phenoxy) is 2. The van der Waals surface area contributed by atoms with Gasteiger partial charge < -0.3 is 9.47 Å². The number of benzene rings is 2. The van der Waals surface area contributed by atoms with Gasteiger partial charge >= 0.3 is 11.9 Å². The second kappa shape index (κ2) is 5.85. The predicted octanol–water partition coefficient (Wildman–Crippen LogP) is 3.43. The van der Waals surface area contributed by atoms with E-state index >= 15 is 0 Å². The summed E-state index contributed by atoms with van der Waals surface area (Å²) in [6.07, 6.45) is 1.21. The van der Waals surface area contributed by atoms with Gasteiger partial charge in [0.15, 0.2) is 0 Å². The van der Waals surface area contributed by atoms with Crippen LogP contribution in [-0.2, 0) is 14.3 Å². The third kappa shape index (κ3) is 2.51. The minimum Gasteiger partial charge on any atom is -0.463 e. The number of cyclic esters (lactones) is 1. The zero-order valence-electron chi connectivity index (χ0n) is 12.0. The molecule has 3 rings (SSSR count). The van der Waals surface area contributed by atoms with Crippen LogP contribution in [0.4, 0.5) is 0 Å². The lowest BCUT2D eigenvalue weighted by Gasteiger charge is -2.08. The standard InChI is InChI=1S/C18H14O4/c1-2-21-17(19)11-16-14-9-5-3-7-12(14)13-8-4-6-10-15(13)18(20)22-16/h3-11H,2H2,1H3/b16-11+. The van der Waals surface area contributed by atoms with Gasteiger partial charge in [-0.15, -0.1) is 0 Å². The predicted molar refractivity (Wildman–Crippen MR) is 81.9 cm³/mol. The molecule has 0 unspecified atom stereocenters. The Balaban J connectivity index is 2.19. The van der Waals surface area contributed by atoms with Crippen molar-refractivity contribution < 1.29 is 19.1 Å². The van der Waals surface area contributed by atoms with Gasteiger partial charge in [0.05, 0.1) is 18.2 Å². The van der Waals surface area contributed by atoms with Crippen LogP contribution in [0.3, 0.4) is 0 Å². The van der Waals surface area contributed by atoms with E-state index in [4.69, 9.17) is 9.47 Å². The Morgan fingerprint density at radius 3 is 2.18 bits per heavy atom. The molecule has 0 aliphatic carbocycles. The molecule has 0 saturated carbocycles. The minimum absolute atomic E-state index is 0.204. The molecule has 1 aliphatic heterocycles. The van der Waals surface area contributed by atoms with E-state index in [-0.39, 0.29) is 12.4 Å². The van der Waals surface area contributed by atoms with E-state index in [1.165, 1.54) is 6.08 Å². The van der Waals surface area contributed by atoms with Crippen molar-refractivity contribution in [2.24, 2.45) is 0 Å². The van der Waals surface area contributed by atoms with E-state index in [1.54, 1.807) is 19.1 Å². The summed E-state index contributed by atoms with van der Waals surface area (Å²) < 4.78 is 10.3. The van der Waals surface area contributed by atoms with Gasteiger partial charge in [-0.2, -0.15) is 0 Å². The molecule has 2 aromatic rings. The molecule has 1 aliphatic rings. The van der Waals surface area contributed by atoms with E-state index in [9.17, 15) is 9.59 Å². The summed E-state index contributed by atoms with van der Waals surface area (Å²) in [5, 5.41) is 0. The fourth-order valence-electron chi connectivity index (χ4n) is 2.44. The van der Waals surface area contributed by atoms with Crippen LogP contribution < -0.4 is 0 Å². The second-order valence-corrected chi connectivity index (χ2v) is 4.74. The summed E-state index contributed by atoms with van der Waals surface area (Å²) in [4.78, 5) is 24.0. The highest BCUT2D eigenvalue weighted by atomic mass is 16.5. The van der Waals surface area contributed by atoms with Crippen LogP contribution in [0, 0.1) is 0 Å². The third-order valence-electron chi connectivity index (χ3n) is 3.37. The average Bonchev–Trinajstić information content (AvgIpc) is 2.65. The number of carbonyl (C=O) groups is 2. The fraction of sp³-hybridized carbons (Fsp3) is 0.111. The van der Waals surface area contributed by atoms with Crippen LogP contribution in [0.2, 0.25) is 0 Å². The van der Waals surface area contributed by atoms with Crippen molar-refractivity contribution in [3.63, 3.8) is 0 Å². The van der Waals surface area contributed by atoms with Gasteiger partial charge in [-0.25, -0.2) is 9.59 Å². The van der Waals surface area contributed by atoms with Gasteiger partial charge in [-0.05, 0) is 24.1 Å². The van der Waals surface area contributed by atoms with Crippen molar-refractivity contribution in [1.82, 2.24) is 0 Å². The Labute approximate surface area is 128 Å². The zero-order valence-corrected chi connectivity index (χ0v) is 12.0. The average molecular weight is 294 g/mol. The van der Waals surface area contributed by atoms with E-state index < -0.39 is 11.9 Å². The van der Waals surface area contributed by atoms with Gasteiger partial charge in [-0.1, -0.05) is 42.5 Å². The summed E-state index contributed by atoms with van der Waals surface area (Å²) >= 11 is 0. The molecule has 0 bridgehead atoms. The Morgan fingerprint density at radius 1 is 1.00 bits per heavy atom. The van der Waals surface area contributed by atoms with Crippen molar-refractivity contribution in [2.75, 3.05) is 6.61 Å². The maximum atomic E-state index is 12.3. The highest BCUT2D eigenvalue weighted by Gasteiger charge is 2.24. The molecule has 4 heteroatoms. The molecule has 0 radical (unpaired) electrons. The molecule has 4 nitrogen and oxygen atoms in total. The normalized spacial score (nSPS) is 14.6. The SMILES string of the molecule is CCOC(=O)/C=C1/OC(=O)c2ccccc2-c2ccccc21. The molecule has 0 spiro atoms. The molecular formula is C18H14O4. The molecular weight excluding hydrogens is 280 g/mol. The second-order valence-electron chi connectivity index (χ2n) is 4.74. The lowest BCUT2D eigenvalue weighted by atomic mass is 9.95. The zero-order chi connectivity index (χ0) is 15.5. The number of esters is 2. The van der Waals surface area contributed by atoms with Gasteiger partial charge in [-0.3, -0.25) is 0 Å². The highest BCUT2D eigenvalue weighted by molar-refractivity contribution is 6.05. The van der Waals surface area contributed by atoms with E-state index in [0.717, 1.165) is 11.1 Å². The highest BCUT2D eigenvalue weighted by Crippen LogP contribution is 2.36. The molecule has 22 heavy (non-hydrogen) atoms. The molecule has 110 valence electrons. The monoisotopic (exact) mass is 294 g/mol. The van der Waals surface area contributed by atoms with Gasteiger partial charge in [0.25, 0.3) is 0 Å². The molecule has 1 heterocycles. The van der Waals surface area contributed by atoms with Crippen molar-refractivity contribution in [1.29, 1.82) is 0 Å². The number of fused-ring (bicyclic) bond motifs is 3. The molecule has 0 atom stereocenters. The van der Waals surface area contributed by atoms with Crippen molar-refractivity contribution in [2.45, 2.75) is 6.92 Å². The van der Waals surface area contributed by atoms with Crippen molar-refractivity contribution >= 4 is 17.7 Å². The molecule has 2 aromatic carbocycles. The smallest absolute Gasteiger partial charge is 0.344 e. The quantitative estimate of drug-likeness (QED) is 0.629. The van der Waals surface area contributed by atoms with Crippen LogP contribution >= 0.6 is 0 Å². The van der Waals surface area contributed by atoms with Crippen LogP contribution in [0.25, 0.3) is 16.9 Å². The van der Waals surface area contributed by atoms with Crippen LogP contribution in [0.1, 0.15) is 22.8 Å². The number of hydrogen-bond donors (Lipinski definition) is 0. The van der Waals surface area contributed by atoms with Crippen molar-refractivity contribution in [3.8, 4) is 11.1 Å². The van der Waals surface area contributed by atoms with Gasteiger partial charge in [0, 0.05) is 5.56 Å². The third-order valence-corrected chi connectivity index (χ3v) is 3.37. The van der Waals surface area contributed by atoms with Crippen LogP contribution in [0.15, 0.2) is 54.6 Å². The Hall–Kier alpha value is -2.88. The van der Waals surface area contributed by atoms with Gasteiger partial charge in [0.2, 0.25) is 0 Å². The summed E-state index contributed by atoms with van der Waals surface area (Å²) in [6.45, 7) is 1.98. The van der Waals surface area contributed by atoms with E-state index in [1.807, 2.05) is 36.4 Å². The topological polar surface area (TPSA) is 52.6 Å². The van der Waals surface area contributed by atoms with Gasteiger partial charge in [0.1, 0.15) is 5.76 Å². The fourth-order valence-corrected chi connectivity index (χ4v) is 2.44. The first-order chi connectivity index (χ1) is 10.7. The Kier molecular flexibility index (Phi) is 3.74. The van der Waals surface area contributed by atoms with E-state index in [0.29, 0.717) is 11.1 Å². The lowest BCUT2D eigenvalue weighted by molar-refractivity contribution is -0.137. The number of hydrogen-bond acceptors (Lipinski definition) is 4. The molecule has 0 saturated heterocycles. The molecule has 0 aromatic heterocycles. The summed E-state index contributed by atoms with van der Waals surface area (Å²) in [7, 11) is 0. The van der Waals surface area contributed by atoms with Crippen molar-refractivity contribution in [3.05, 3.63) is 65.7 Å². The molecule has 0 amide bonds. The van der Waals surface area contributed by atoms with Crippen LogP contribution in [0.5, 0.6) is 0 Å². The summed E-state index contributed by atoms with van der Waals surface area (Å²) in [6, 6.07) is 14.6. The maximum Gasteiger partial charge on any atom is 0.344 e. The maximum absolute atomic E-state index is 12.3. The van der Waals surface area contributed by atoms with Crippen LogP contribution in [-0.4, -0.2) is 18.5 Å². The first-order valence-electron chi connectivity index (χ1n) is 7.00. The molecule has 0 N–H and O–H groups in total. The number of carbonyl (C=O) groups excluding carboxylic acids is 2. The molecule has 0 fully saturated rings. The Morgan fingerprint density at radius 2 is 1.55 bits per heavy atom. The summed E-state index contributed by atoms with van der Waals surface area (Å²) in [5.74, 6) is -0.816.